The van der Waals surface area contributed by atoms with Gasteiger partial charge in [0.2, 0.25) is 0 Å². The van der Waals surface area contributed by atoms with Gasteiger partial charge in [0, 0.05) is 5.56 Å². The molecule has 0 spiro atoms. The van der Waals surface area contributed by atoms with Gasteiger partial charge in [-0.2, -0.15) is 0 Å². The number of hydrogen-bond donors (Lipinski definition) is 0. The van der Waals surface area contributed by atoms with Gasteiger partial charge in [-0.25, -0.2) is 9.97 Å². The first-order valence-corrected chi connectivity index (χ1v) is 6.71. The first-order valence-electron chi connectivity index (χ1n) is 5.25. The molecule has 2 aromatic rings. The van der Waals surface area contributed by atoms with Crippen LogP contribution in [-0.2, 0) is 0 Å². The average molecular weight is 359 g/mol. The number of aryl methyl sites for hydroxylation is 3. The van der Waals surface area contributed by atoms with E-state index in [1.807, 2.05) is 6.92 Å². The molecule has 1 heterocycles. The molecule has 0 aliphatic carbocycles. The van der Waals surface area contributed by atoms with Gasteiger partial charge >= 0.3 is 0 Å². The van der Waals surface area contributed by atoms with Crippen molar-refractivity contribution in [3.63, 3.8) is 0 Å². The van der Waals surface area contributed by atoms with Crippen LogP contribution >= 0.6 is 34.2 Å². The molecule has 0 fully saturated rings. The van der Waals surface area contributed by atoms with Crippen LogP contribution in [0, 0.1) is 24.3 Å². The van der Waals surface area contributed by atoms with Crippen LogP contribution in [0.2, 0.25) is 5.15 Å². The standard InChI is InChI=1S/C13H12ClIN2/c1-7-4-8(2)6-10(5-7)13-16-9(3)11(15)12(14)17-13/h4-6H,1-3H3. The Morgan fingerprint density at radius 3 is 2.12 bits per heavy atom. The number of hydrogen-bond acceptors (Lipinski definition) is 2. The van der Waals surface area contributed by atoms with Crippen molar-refractivity contribution in [2.45, 2.75) is 20.8 Å². The lowest BCUT2D eigenvalue weighted by molar-refractivity contribution is 1.09. The van der Waals surface area contributed by atoms with Gasteiger partial charge in [-0.15, -0.1) is 0 Å². The van der Waals surface area contributed by atoms with Crippen molar-refractivity contribution in [3.05, 3.63) is 43.7 Å². The van der Waals surface area contributed by atoms with Gasteiger partial charge in [0.25, 0.3) is 0 Å². The zero-order valence-corrected chi connectivity index (χ0v) is 12.8. The van der Waals surface area contributed by atoms with Crippen molar-refractivity contribution in [1.29, 1.82) is 0 Å². The monoisotopic (exact) mass is 358 g/mol. The SMILES string of the molecule is Cc1cc(C)cc(-c2nc(C)c(I)c(Cl)n2)c1. The van der Waals surface area contributed by atoms with Gasteiger partial charge in [-0.1, -0.05) is 28.8 Å². The second-order valence-electron chi connectivity index (χ2n) is 4.11. The lowest BCUT2D eigenvalue weighted by Gasteiger charge is -2.07. The molecule has 88 valence electrons. The molecule has 0 radical (unpaired) electrons. The van der Waals surface area contributed by atoms with E-state index < -0.39 is 0 Å². The van der Waals surface area contributed by atoms with Crippen molar-refractivity contribution in [1.82, 2.24) is 9.97 Å². The summed E-state index contributed by atoms with van der Waals surface area (Å²) in [6, 6.07) is 6.28. The molecule has 0 N–H and O–H groups in total. The molecule has 1 aromatic carbocycles. The van der Waals surface area contributed by atoms with Crippen LogP contribution in [0.3, 0.4) is 0 Å². The third-order valence-corrected chi connectivity index (χ3v) is 4.34. The molecule has 0 atom stereocenters. The first kappa shape index (κ1) is 12.8. The van der Waals surface area contributed by atoms with Gasteiger partial charge in [-0.3, -0.25) is 0 Å². The largest absolute Gasteiger partial charge is 0.232 e. The van der Waals surface area contributed by atoms with E-state index in [-0.39, 0.29) is 0 Å². The smallest absolute Gasteiger partial charge is 0.161 e. The molecule has 0 saturated heterocycles. The lowest BCUT2D eigenvalue weighted by atomic mass is 10.1. The zero-order valence-electron chi connectivity index (χ0n) is 9.88. The molecule has 0 unspecified atom stereocenters. The molecule has 0 aliphatic rings. The highest BCUT2D eigenvalue weighted by Gasteiger charge is 2.09. The molecule has 0 bridgehead atoms. The van der Waals surface area contributed by atoms with E-state index >= 15 is 0 Å². The van der Waals surface area contributed by atoms with Crippen LogP contribution in [-0.4, -0.2) is 9.97 Å². The van der Waals surface area contributed by atoms with Crippen molar-refractivity contribution < 1.29 is 0 Å². The van der Waals surface area contributed by atoms with Crippen LogP contribution in [0.15, 0.2) is 18.2 Å². The summed E-state index contributed by atoms with van der Waals surface area (Å²) in [5.41, 5.74) is 4.34. The average Bonchev–Trinajstić information content (AvgIpc) is 2.23. The number of benzene rings is 1. The number of aromatic nitrogens is 2. The van der Waals surface area contributed by atoms with E-state index in [2.05, 4.69) is 64.6 Å². The fraction of sp³-hybridized carbons (Fsp3) is 0.231. The van der Waals surface area contributed by atoms with Gasteiger partial charge < -0.3 is 0 Å². The van der Waals surface area contributed by atoms with Crippen LogP contribution in [0.4, 0.5) is 0 Å². The minimum atomic E-state index is 0.521. The van der Waals surface area contributed by atoms with Gasteiger partial charge in [-0.05, 0) is 55.5 Å². The zero-order chi connectivity index (χ0) is 12.6. The van der Waals surface area contributed by atoms with E-state index in [1.165, 1.54) is 11.1 Å². The molecule has 17 heavy (non-hydrogen) atoms. The minimum absolute atomic E-state index is 0.521. The van der Waals surface area contributed by atoms with Gasteiger partial charge in [0.1, 0.15) is 5.15 Å². The number of rotatable bonds is 1. The van der Waals surface area contributed by atoms with E-state index in [4.69, 9.17) is 11.6 Å². The predicted molar refractivity (Wildman–Crippen MR) is 79.4 cm³/mol. The molecule has 0 amide bonds. The Morgan fingerprint density at radius 1 is 1.00 bits per heavy atom. The Kier molecular flexibility index (Phi) is 3.68. The van der Waals surface area contributed by atoms with Crippen molar-refractivity contribution in [3.8, 4) is 11.4 Å². The molecular formula is C13H12ClIN2. The second-order valence-corrected chi connectivity index (χ2v) is 5.55. The topological polar surface area (TPSA) is 25.8 Å². The second kappa shape index (κ2) is 4.90. The fourth-order valence-electron chi connectivity index (χ4n) is 1.76. The van der Waals surface area contributed by atoms with Crippen LogP contribution in [0.25, 0.3) is 11.4 Å². The maximum absolute atomic E-state index is 6.09. The Hall–Kier alpha value is -0.680. The van der Waals surface area contributed by atoms with Gasteiger partial charge in [0.15, 0.2) is 5.82 Å². The summed E-state index contributed by atoms with van der Waals surface area (Å²) in [6.07, 6.45) is 0. The molecule has 2 rings (SSSR count). The van der Waals surface area contributed by atoms with E-state index in [0.29, 0.717) is 11.0 Å². The summed E-state index contributed by atoms with van der Waals surface area (Å²) in [7, 11) is 0. The fourth-order valence-corrected chi connectivity index (χ4v) is 2.22. The third kappa shape index (κ3) is 2.77. The summed E-state index contributed by atoms with van der Waals surface area (Å²) >= 11 is 8.25. The molecule has 0 aliphatic heterocycles. The lowest BCUT2D eigenvalue weighted by Crippen LogP contribution is -1.97. The van der Waals surface area contributed by atoms with Gasteiger partial charge in [0.05, 0.1) is 9.26 Å². The summed E-state index contributed by atoms with van der Waals surface area (Å²) in [4.78, 5) is 8.82. The summed E-state index contributed by atoms with van der Waals surface area (Å²) in [5.74, 6) is 0.694. The van der Waals surface area contributed by atoms with Crippen LogP contribution in [0.1, 0.15) is 16.8 Å². The van der Waals surface area contributed by atoms with E-state index in [0.717, 1.165) is 14.8 Å². The Morgan fingerprint density at radius 2 is 1.59 bits per heavy atom. The Labute approximate surface area is 120 Å². The number of halogens is 2. The summed E-state index contributed by atoms with van der Waals surface area (Å²) in [6.45, 7) is 6.08. The maximum Gasteiger partial charge on any atom is 0.161 e. The molecule has 2 nitrogen and oxygen atoms in total. The molecule has 1 aromatic heterocycles. The molecule has 4 heteroatoms. The summed E-state index contributed by atoms with van der Waals surface area (Å²) < 4.78 is 0.914. The van der Waals surface area contributed by atoms with Crippen molar-refractivity contribution in [2.75, 3.05) is 0 Å². The van der Waals surface area contributed by atoms with Crippen molar-refractivity contribution >= 4 is 34.2 Å². The van der Waals surface area contributed by atoms with E-state index in [9.17, 15) is 0 Å². The quantitative estimate of drug-likeness (QED) is 0.560. The first-order chi connectivity index (χ1) is 7.97. The normalized spacial score (nSPS) is 10.6. The third-order valence-electron chi connectivity index (χ3n) is 2.46. The van der Waals surface area contributed by atoms with E-state index in [1.54, 1.807) is 0 Å². The van der Waals surface area contributed by atoms with Crippen LogP contribution < -0.4 is 0 Å². The summed E-state index contributed by atoms with van der Waals surface area (Å²) in [5, 5.41) is 0.521. The molecular weight excluding hydrogens is 347 g/mol. The Bertz CT molecular complexity index is 538. The highest BCUT2D eigenvalue weighted by Crippen LogP contribution is 2.24. The maximum atomic E-state index is 6.09. The predicted octanol–water partition coefficient (Wildman–Crippen LogP) is 4.33. The van der Waals surface area contributed by atoms with Crippen LogP contribution in [0.5, 0.6) is 0 Å². The number of nitrogens with zero attached hydrogens (tertiary/aromatic N) is 2. The highest BCUT2D eigenvalue weighted by molar-refractivity contribution is 14.1. The highest BCUT2D eigenvalue weighted by atomic mass is 127. The molecule has 0 saturated carbocycles. The Balaban J connectivity index is 2.60. The minimum Gasteiger partial charge on any atom is -0.232 e. The van der Waals surface area contributed by atoms with Crippen molar-refractivity contribution in [2.24, 2.45) is 0 Å².